The van der Waals surface area contributed by atoms with Crippen LogP contribution in [0.4, 0.5) is 14.5 Å². The zero-order valence-corrected chi connectivity index (χ0v) is 14.2. The van der Waals surface area contributed by atoms with Crippen molar-refractivity contribution in [1.29, 1.82) is 0 Å². The molecule has 3 rings (SSSR count). The van der Waals surface area contributed by atoms with Crippen molar-refractivity contribution in [3.05, 3.63) is 77.1 Å². The molecule has 1 unspecified atom stereocenters. The van der Waals surface area contributed by atoms with Crippen LogP contribution in [0.2, 0.25) is 0 Å². The van der Waals surface area contributed by atoms with Gasteiger partial charge in [0.25, 0.3) is 5.91 Å². The molecule has 1 atom stereocenters. The number of hydrogen-bond donors (Lipinski definition) is 1. The van der Waals surface area contributed by atoms with Crippen LogP contribution >= 0.6 is 0 Å². The molecule has 0 aliphatic carbocycles. The number of ketones is 1. The minimum absolute atomic E-state index is 0.0834. The van der Waals surface area contributed by atoms with Crippen molar-refractivity contribution in [3.63, 3.8) is 0 Å². The third kappa shape index (κ3) is 2.87. The molecule has 0 saturated heterocycles. The Kier molecular flexibility index (Phi) is 4.59. The lowest BCUT2D eigenvalue weighted by atomic mass is 9.91. The molecule has 0 aromatic heterocycles. The third-order valence-electron chi connectivity index (χ3n) is 4.28. The Balaban J connectivity index is 2.21. The Hall–Kier alpha value is -3.02. The summed E-state index contributed by atoms with van der Waals surface area (Å²) in [6.45, 7) is 3.30. The molecule has 26 heavy (non-hydrogen) atoms. The largest absolute Gasteiger partial charge is 0.503 e. The molecular weight excluding hydrogens is 340 g/mol. The van der Waals surface area contributed by atoms with Gasteiger partial charge in [-0.15, -0.1) is 0 Å². The molecule has 0 saturated carbocycles. The average Bonchev–Trinajstić information content (AvgIpc) is 2.87. The second-order valence-corrected chi connectivity index (χ2v) is 6.37. The van der Waals surface area contributed by atoms with E-state index in [-0.39, 0.29) is 11.3 Å². The van der Waals surface area contributed by atoms with E-state index in [0.29, 0.717) is 11.6 Å². The molecule has 4 nitrogen and oxygen atoms in total. The molecular formula is C20H17F2NO3. The number of amides is 1. The first kappa shape index (κ1) is 17.8. The highest BCUT2D eigenvalue weighted by Gasteiger charge is 2.45. The second kappa shape index (κ2) is 6.71. The van der Waals surface area contributed by atoms with Gasteiger partial charge in [-0.2, -0.15) is 0 Å². The maximum absolute atomic E-state index is 14.4. The quantitative estimate of drug-likeness (QED) is 0.897. The van der Waals surface area contributed by atoms with Gasteiger partial charge in [0.1, 0.15) is 11.6 Å². The number of carbonyl (C=O) groups is 2. The molecule has 0 bridgehead atoms. The van der Waals surface area contributed by atoms with Gasteiger partial charge in [-0.3, -0.25) is 14.5 Å². The molecule has 0 radical (unpaired) electrons. The molecule has 1 N–H and O–H groups in total. The Morgan fingerprint density at radius 2 is 1.77 bits per heavy atom. The van der Waals surface area contributed by atoms with Crippen molar-refractivity contribution in [2.75, 3.05) is 4.90 Å². The fourth-order valence-corrected chi connectivity index (χ4v) is 3.04. The zero-order chi connectivity index (χ0) is 19.0. The van der Waals surface area contributed by atoms with Gasteiger partial charge in [-0.1, -0.05) is 44.2 Å². The lowest BCUT2D eigenvalue weighted by Gasteiger charge is -2.27. The topological polar surface area (TPSA) is 57.6 Å². The molecule has 0 fully saturated rings. The normalized spacial score (nSPS) is 17.3. The van der Waals surface area contributed by atoms with Gasteiger partial charge >= 0.3 is 0 Å². The van der Waals surface area contributed by atoms with E-state index in [1.165, 1.54) is 0 Å². The number of anilines is 1. The fraction of sp³-hybridized carbons (Fsp3) is 0.200. The van der Waals surface area contributed by atoms with Crippen molar-refractivity contribution in [2.45, 2.75) is 19.9 Å². The lowest BCUT2D eigenvalue weighted by molar-refractivity contribution is -0.119. The molecule has 0 spiro atoms. The van der Waals surface area contributed by atoms with E-state index in [0.717, 1.165) is 17.0 Å². The number of aliphatic hydroxyl groups is 1. The minimum atomic E-state index is -0.987. The Morgan fingerprint density at radius 3 is 2.35 bits per heavy atom. The van der Waals surface area contributed by atoms with Crippen molar-refractivity contribution < 1.29 is 23.5 Å². The lowest BCUT2D eigenvalue weighted by Crippen LogP contribution is -2.32. The summed E-state index contributed by atoms with van der Waals surface area (Å²) >= 11 is 0. The van der Waals surface area contributed by atoms with E-state index >= 15 is 0 Å². The first-order valence-corrected chi connectivity index (χ1v) is 8.13. The van der Waals surface area contributed by atoms with Crippen LogP contribution in [0.3, 0.4) is 0 Å². The van der Waals surface area contributed by atoms with Crippen LogP contribution in [0, 0.1) is 17.6 Å². The van der Waals surface area contributed by atoms with Crippen LogP contribution in [-0.2, 0) is 9.59 Å². The Bertz CT molecular complexity index is 907. The minimum Gasteiger partial charge on any atom is -0.503 e. The number of rotatable bonds is 4. The molecule has 134 valence electrons. The smallest absolute Gasteiger partial charge is 0.294 e. The highest BCUT2D eigenvalue weighted by Crippen LogP contribution is 2.42. The monoisotopic (exact) mass is 357 g/mol. The Morgan fingerprint density at radius 1 is 1.12 bits per heavy atom. The summed E-state index contributed by atoms with van der Waals surface area (Å²) in [6, 6.07) is 10.4. The Labute approximate surface area is 149 Å². The van der Waals surface area contributed by atoms with Crippen LogP contribution in [0.1, 0.15) is 25.5 Å². The molecule has 2 aromatic carbocycles. The number of benzene rings is 2. The number of carbonyl (C=O) groups excluding carboxylic acids is 2. The number of hydrogen-bond acceptors (Lipinski definition) is 3. The summed E-state index contributed by atoms with van der Waals surface area (Å²) in [6.07, 6.45) is 0. The first-order valence-electron chi connectivity index (χ1n) is 8.13. The van der Waals surface area contributed by atoms with Crippen LogP contribution in [0.15, 0.2) is 59.9 Å². The first-order chi connectivity index (χ1) is 12.3. The number of nitrogens with zero attached hydrogens (tertiary/aromatic N) is 1. The molecule has 1 heterocycles. The second-order valence-electron chi connectivity index (χ2n) is 6.37. The van der Waals surface area contributed by atoms with Crippen molar-refractivity contribution in [2.24, 2.45) is 5.92 Å². The highest BCUT2D eigenvalue weighted by atomic mass is 19.1. The number of halogens is 2. The summed E-state index contributed by atoms with van der Waals surface area (Å²) in [5.41, 5.74) is 0.251. The number of Topliss-reactive ketones (excluding diaryl/α,β-unsaturated/α-hetero) is 1. The summed E-state index contributed by atoms with van der Waals surface area (Å²) in [7, 11) is 0. The average molecular weight is 357 g/mol. The van der Waals surface area contributed by atoms with E-state index in [1.54, 1.807) is 44.2 Å². The van der Waals surface area contributed by atoms with Crippen molar-refractivity contribution in [1.82, 2.24) is 0 Å². The van der Waals surface area contributed by atoms with E-state index in [9.17, 15) is 23.5 Å². The van der Waals surface area contributed by atoms with Gasteiger partial charge in [0.15, 0.2) is 11.5 Å². The van der Waals surface area contributed by atoms with Crippen molar-refractivity contribution in [3.8, 4) is 0 Å². The van der Waals surface area contributed by atoms with Crippen LogP contribution < -0.4 is 4.90 Å². The van der Waals surface area contributed by atoms with Gasteiger partial charge in [-0.05, 0) is 17.7 Å². The standard InChI is InChI=1S/C20H17F2NO3/c1-11(2)18(24)16-17(12-6-4-3-5-7-12)23(20(26)19(16)25)15-9-8-13(21)10-14(15)22/h3-11,17,25H,1-2H3. The fourth-order valence-electron chi connectivity index (χ4n) is 3.04. The van der Waals surface area contributed by atoms with E-state index in [2.05, 4.69) is 0 Å². The molecule has 1 aliphatic rings. The van der Waals surface area contributed by atoms with Gasteiger partial charge in [0.05, 0.1) is 17.3 Å². The van der Waals surface area contributed by atoms with E-state index in [1.807, 2.05) is 0 Å². The predicted molar refractivity (Wildman–Crippen MR) is 92.5 cm³/mol. The maximum Gasteiger partial charge on any atom is 0.294 e. The summed E-state index contributed by atoms with van der Waals surface area (Å²) < 4.78 is 27.6. The molecule has 6 heteroatoms. The van der Waals surface area contributed by atoms with Crippen LogP contribution in [0.25, 0.3) is 0 Å². The SMILES string of the molecule is CC(C)C(=O)C1=C(O)C(=O)N(c2ccc(F)cc2F)C1c1ccccc1. The molecule has 1 aliphatic heterocycles. The van der Waals surface area contributed by atoms with Gasteiger partial charge in [-0.25, -0.2) is 8.78 Å². The van der Waals surface area contributed by atoms with E-state index < -0.39 is 41.0 Å². The summed E-state index contributed by atoms with van der Waals surface area (Å²) in [5.74, 6) is -4.22. The number of aliphatic hydroxyl groups excluding tert-OH is 1. The van der Waals surface area contributed by atoms with Gasteiger partial charge in [0.2, 0.25) is 0 Å². The third-order valence-corrected chi connectivity index (χ3v) is 4.28. The summed E-state index contributed by atoms with van der Waals surface area (Å²) in [4.78, 5) is 26.3. The van der Waals surface area contributed by atoms with Crippen LogP contribution in [0.5, 0.6) is 0 Å². The molecule has 2 aromatic rings. The van der Waals surface area contributed by atoms with Crippen molar-refractivity contribution >= 4 is 17.4 Å². The summed E-state index contributed by atoms with van der Waals surface area (Å²) in [5, 5.41) is 10.4. The predicted octanol–water partition coefficient (Wildman–Crippen LogP) is 4.09. The van der Waals surface area contributed by atoms with Gasteiger partial charge < -0.3 is 5.11 Å². The van der Waals surface area contributed by atoms with Crippen LogP contribution in [-0.4, -0.2) is 16.8 Å². The highest BCUT2D eigenvalue weighted by molar-refractivity contribution is 6.16. The maximum atomic E-state index is 14.4. The zero-order valence-electron chi connectivity index (χ0n) is 14.2. The molecule has 1 amide bonds. The van der Waals surface area contributed by atoms with E-state index in [4.69, 9.17) is 0 Å². The van der Waals surface area contributed by atoms with Gasteiger partial charge in [0, 0.05) is 12.0 Å².